The molecule has 174 valence electrons. The minimum absolute atomic E-state index is 0.481. The first-order chi connectivity index (χ1) is 15.7. The van der Waals surface area contributed by atoms with E-state index in [0.29, 0.717) is 19.6 Å². The van der Waals surface area contributed by atoms with E-state index in [-0.39, 0.29) is 0 Å². The van der Waals surface area contributed by atoms with Crippen LogP contribution in [0.4, 0.5) is 5.82 Å². The van der Waals surface area contributed by atoms with Gasteiger partial charge >= 0.3 is 5.97 Å². The van der Waals surface area contributed by atoms with Crippen molar-refractivity contribution in [2.24, 2.45) is 5.73 Å². The van der Waals surface area contributed by atoms with Crippen LogP contribution in [0.3, 0.4) is 0 Å². The summed E-state index contributed by atoms with van der Waals surface area (Å²) in [6.45, 7) is 3.88. The van der Waals surface area contributed by atoms with E-state index in [1.807, 2.05) is 30.3 Å². The molecule has 1 aliphatic rings. The number of nitrogens with zero attached hydrogens (tertiary/aromatic N) is 2. The molecule has 0 saturated carbocycles. The lowest BCUT2D eigenvalue weighted by molar-refractivity contribution is -0.135. The smallest absolute Gasteiger partial charge is 0.341 e. The van der Waals surface area contributed by atoms with Crippen LogP contribution in [0.25, 0.3) is 0 Å². The average molecular weight is 461 g/mol. The van der Waals surface area contributed by atoms with Crippen LogP contribution in [0.5, 0.6) is 5.75 Å². The second kappa shape index (κ2) is 13.3. The second-order valence-corrected chi connectivity index (χ2v) is 8.25. The zero-order valence-corrected chi connectivity index (χ0v) is 19.2. The van der Waals surface area contributed by atoms with Gasteiger partial charge in [-0.15, -0.1) is 0 Å². The summed E-state index contributed by atoms with van der Waals surface area (Å²) in [6.07, 6.45) is 5.76. The van der Waals surface area contributed by atoms with E-state index in [9.17, 15) is 4.79 Å². The van der Waals surface area contributed by atoms with Crippen LogP contribution in [0, 0.1) is 0 Å². The van der Waals surface area contributed by atoms with Gasteiger partial charge in [0.25, 0.3) is 0 Å². The van der Waals surface area contributed by atoms with Crippen LogP contribution in [0.1, 0.15) is 36.9 Å². The zero-order valence-electron chi connectivity index (χ0n) is 18.5. The molecule has 3 N–H and O–H groups in total. The van der Waals surface area contributed by atoms with Crippen molar-refractivity contribution in [2.75, 3.05) is 38.1 Å². The quantitative estimate of drug-likeness (QED) is 0.442. The van der Waals surface area contributed by atoms with Gasteiger partial charge in [-0.05, 0) is 68.8 Å². The highest BCUT2D eigenvalue weighted by molar-refractivity contribution is 6.13. The molecule has 0 radical (unpaired) electrons. The molecule has 1 aromatic carbocycles. The Bertz CT molecular complexity index is 837. The van der Waals surface area contributed by atoms with Crippen LogP contribution >= 0.6 is 11.9 Å². The van der Waals surface area contributed by atoms with Crippen molar-refractivity contribution in [2.45, 2.75) is 44.6 Å². The van der Waals surface area contributed by atoms with E-state index in [1.54, 1.807) is 0 Å². The first kappa shape index (κ1) is 24.3. The van der Waals surface area contributed by atoms with Gasteiger partial charge in [-0.3, -0.25) is 4.90 Å². The number of nitrogens with one attached hydrogen (secondary N) is 1. The number of carbonyl (C=O) groups excluding carboxylic acids is 1. The molecule has 0 unspecified atom stereocenters. The van der Waals surface area contributed by atoms with Gasteiger partial charge in [-0.2, -0.15) is 0 Å². The molecule has 0 bridgehead atoms. The first-order valence-corrected chi connectivity index (χ1v) is 11.7. The summed E-state index contributed by atoms with van der Waals surface area (Å²) in [5, 5.41) is 3.40. The van der Waals surface area contributed by atoms with Gasteiger partial charge in [0.2, 0.25) is 0 Å². The maximum absolute atomic E-state index is 11.5. The summed E-state index contributed by atoms with van der Waals surface area (Å²) in [7, 11) is 0. The molecule has 32 heavy (non-hydrogen) atoms. The Morgan fingerprint density at radius 1 is 1.16 bits per heavy atom. The zero-order chi connectivity index (χ0) is 22.6. The Labute approximate surface area is 195 Å². The van der Waals surface area contributed by atoms with Crippen molar-refractivity contribution in [3.05, 3.63) is 53.7 Å². The summed E-state index contributed by atoms with van der Waals surface area (Å²) in [5.41, 5.74) is 8.30. The van der Waals surface area contributed by atoms with Crippen LogP contribution in [0.2, 0.25) is 0 Å². The summed E-state index contributed by atoms with van der Waals surface area (Å²) < 4.78 is 10.1. The van der Waals surface area contributed by atoms with Gasteiger partial charge in [-0.1, -0.05) is 24.3 Å². The molecular formula is C24H33ClN4O3. The molecule has 7 nitrogen and oxygen atoms in total. The molecular weight excluding hydrogens is 428 g/mol. The highest BCUT2D eigenvalue weighted by atomic mass is 35.5. The molecule has 1 aromatic heterocycles. The number of aromatic nitrogens is 1. The predicted molar refractivity (Wildman–Crippen MR) is 127 cm³/mol. The topological polar surface area (TPSA) is 89.7 Å². The third kappa shape index (κ3) is 7.97. The van der Waals surface area contributed by atoms with Crippen LogP contribution < -0.4 is 15.8 Å². The Morgan fingerprint density at radius 2 is 2.00 bits per heavy atom. The lowest BCUT2D eigenvalue weighted by atomic mass is 10.1. The Morgan fingerprint density at radius 3 is 2.81 bits per heavy atom. The molecule has 0 fully saturated rings. The normalized spacial score (nSPS) is 13.8. The van der Waals surface area contributed by atoms with Crippen molar-refractivity contribution in [1.82, 2.24) is 9.88 Å². The number of rotatable bonds is 13. The van der Waals surface area contributed by atoms with E-state index < -0.39 is 12.0 Å². The number of nitrogens with two attached hydrogens (primary N) is 1. The van der Waals surface area contributed by atoms with Gasteiger partial charge in [0.15, 0.2) is 0 Å². The van der Waals surface area contributed by atoms with Gasteiger partial charge in [0, 0.05) is 25.3 Å². The molecule has 2 heterocycles. The molecule has 1 aliphatic heterocycles. The van der Waals surface area contributed by atoms with E-state index in [2.05, 4.69) is 26.6 Å². The Hall–Kier alpha value is -2.35. The van der Waals surface area contributed by atoms with Gasteiger partial charge < -0.3 is 20.1 Å². The first-order valence-electron chi connectivity index (χ1n) is 11.4. The van der Waals surface area contributed by atoms with E-state index in [0.717, 1.165) is 62.6 Å². The largest absolute Gasteiger partial charge is 0.492 e. The number of hydrogen-bond donors (Lipinski definition) is 2. The fraction of sp³-hybridized carbons (Fsp3) is 0.500. The third-order valence-electron chi connectivity index (χ3n) is 5.66. The highest BCUT2D eigenvalue weighted by Crippen LogP contribution is 2.20. The summed E-state index contributed by atoms with van der Waals surface area (Å²) >= 11 is 5.14. The van der Waals surface area contributed by atoms with Crippen molar-refractivity contribution < 1.29 is 13.8 Å². The van der Waals surface area contributed by atoms with Crippen LogP contribution in [-0.2, 0) is 21.9 Å². The van der Waals surface area contributed by atoms with E-state index in [1.165, 1.54) is 12.0 Å². The molecule has 0 aliphatic carbocycles. The fourth-order valence-electron chi connectivity index (χ4n) is 3.79. The number of ether oxygens (including phenoxy) is 1. The van der Waals surface area contributed by atoms with Gasteiger partial charge in [-0.25, -0.2) is 9.78 Å². The van der Waals surface area contributed by atoms with Gasteiger partial charge in [0.1, 0.15) is 36.1 Å². The number of carbonyl (C=O) groups is 1. The van der Waals surface area contributed by atoms with Gasteiger partial charge in [0.05, 0.1) is 0 Å². The molecule has 0 saturated heterocycles. The maximum Gasteiger partial charge on any atom is 0.341 e. The highest BCUT2D eigenvalue weighted by Gasteiger charge is 2.17. The lowest BCUT2D eigenvalue weighted by Crippen LogP contribution is -2.37. The Kier molecular flexibility index (Phi) is 10.1. The summed E-state index contributed by atoms with van der Waals surface area (Å²) in [5.74, 6) is 1.30. The van der Waals surface area contributed by atoms with Crippen molar-refractivity contribution >= 4 is 23.7 Å². The fourth-order valence-corrected chi connectivity index (χ4v) is 3.91. The van der Waals surface area contributed by atoms with Crippen LogP contribution in [-0.4, -0.2) is 54.7 Å². The maximum atomic E-state index is 11.5. The number of para-hydroxylation sites is 1. The van der Waals surface area contributed by atoms with E-state index in [4.69, 9.17) is 27.3 Å². The molecule has 8 heteroatoms. The number of fused-ring (bicyclic) bond motifs is 1. The number of pyridine rings is 1. The summed E-state index contributed by atoms with van der Waals surface area (Å²) in [6, 6.07) is 13.4. The van der Waals surface area contributed by atoms with Crippen LogP contribution in [0.15, 0.2) is 42.5 Å². The molecule has 2 aromatic rings. The number of anilines is 1. The van der Waals surface area contributed by atoms with Crippen molar-refractivity contribution in [3.8, 4) is 5.75 Å². The average Bonchev–Trinajstić information content (AvgIpc) is 2.84. The third-order valence-corrected chi connectivity index (χ3v) is 5.82. The minimum atomic E-state index is -0.725. The Balaban J connectivity index is 1.44. The number of unbranched alkanes of at least 4 members (excludes halogenated alkanes) is 1. The monoisotopic (exact) mass is 460 g/mol. The number of aryl methyl sites for hydroxylation is 2. The SMILES string of the molecule is N[C@@H](CCN(CCCCc1ccc2c(n1)NCCC2)CCOc1ccccc1)C(=O)OCl. The second-order valence-electron chi connectivity index (χ2n) is 8.09. The summed E-state index contributed by atoms with van der Waals surface area (Å²) in [4.78, 5) is 18.6. The minimum Gasteiger partial charge on any atom is -0.492 e. The van der Waals surface area contributed by atoms with Crippen molar-refractivity contribution in [3.63, 3.8) is 0 Å². The molecule has 3 rings (SSSR count). The lowest BCUT2D eigenvalue weighted by Gasteiger charge is -2.23. The number of hydrogen-bond acceptors (Lipinski definition) is 7. The molecule has 0 spiro atoms. The predicted octanol–water partition coefficient (Wildman–Crippen LogP) is 3.56. The molecule has 1 atom stereocenters. The number of halogens is 1. The standard InChI is InChI=1S/C24H33ClN4O3/c25-32-24(30)22(26)13-16-29(17-18-31-21-9-2-1-3-10-21)15-5-4-8-20-12-11-19-7-6-14-27-23(19)28-20/h1-3,9-12,22H,4-8,13-18,26H2,(H,27,28)/t22-/m0/s1. The molecule has 0 amide bonds. The number of benzene rings is 1. The van der Waals surface area contributed by atoms with E-state index >= 15 is 0 Å². The van der Waals surface area contributed by atoms with Crippen molar-refractivity contribution in [1.29, 1.82) is 0 Å².